The molecule has 0 spiro atoms. The molecule has 1 aliphatic heterocycles. The molecule has 1 aromatic carbocycles. The van der Waals surface area contributed by atoms with Crippen molar-refractivity contribution in [2.75, 3.05) is 18.5 Å². The third kappa shape index (κ3) is 1.75. The van der Waals surface area contributed by atoms with Crippen LogP contribution in [0.1, 0.15) is 0 Å². The quantitative estimate of drug-likeness (QED) is 0.782. The molecule has 76 valence electrons. The highest BCUT2D eigenvalue weighted by atomic mass is 35.5. The van der Waals surface area contributed by atoms with Crippen LogP contribution < -0.4 is 10.1 Å². The van der Waals surface area contributed by atoms with E-state index in [4.69, 9.17) is 33.0 Å². The van der Waals surface area contributed by atoms with E-state index >= 15 is 0 Å². The van der Waals surface area contributed by atoms with E-state index < -0.39 is 0 Å². The Balaban J connectivity index is 2.37. The van der Waals surface area contributed by atoms with Crippen LogP contribution in [-0.2, 0) is 0 Å². The predicted molar refractivity (Wildman–Crippen MR) is 56.5 cm³/mol. The van der Waals surface area contributed by atoms with Crippen LogP contribution in [0, 0.1) is 0 Å². The summed E-state index contributed by atoms with van der Waals surface area (Å²) in [5.74, 6) is 0.598. The molecule has 2 rings (SSSR count). The fourth-order valence-electron chi connectivity index (χ4n) is 1.36. The Labute approximate surface area is 91.6 Å². The molecule has 1 atom stereocenters. The largest absolute Gasteiger partial charge is 0.488 e. The van der Waals surface area contributed by atoms with Gasteiger partial charge in [-0.2, -0.15) is 0 Å². The van der Waals surface area contributed by atoms with E-state index in [1.165, 1.54) is 0 Å². The molecule has 14 heavy (non-hydrogen) atoms. The molecule has 1 aliphatic rings. The van der Waals surface area contributed by atoms with Crippen LogP contribution in [0.25, 0.3) is 0 Å². The molecule has 1 heterocycles. The summed E-state index contributed by atoms with van der Waals surface area (Å²) in [5.41, 5.74) is 0.729. The summed E-state index contributed by atoms with van der Waals surface area (Å²) in [6.45, 7) is 0.425. The average molecular weight is 234 g/mol. The molecule has 3 nitrogen and oxygen atoms in total. The van der Waals surface area contributed by atoms with Gasteiger partial charge in [0.25, 0.3) is 0 Å². The zero-order valence-corrected chi connectivity index (χ0v) is 8.77. The van der Waals surface area contributed by atoms with Crippen molar-refractivity contribution in [1.82, 2.24) is 0 Å². The molecule has 0 saturated carbocycles. The van der Waals surface area contributed by atoms with E-state index in [1.54, 1.807) is 12.1 Å². The van der Waals surface area contributed by atoms with Crippen molar-refractivity contribution in [2.24, 2.45) is 0 Å². The van der Waals surface area contributed by atoms with Crippen LogP contribution in [0.2, 0.25) is 10.0 Å². The lowest BCUT2D eigenvalue weighted by Crippen LogP contribution is -2.34. The number of benzene rings is 1. The first-order valence-electron chi connectivity index (χ1n) is 4.20. The molecule has 0 fully saturated rings. The van der Waals surface area contributed by atoms with Crippen molar-refractivity contribution in [3.63, 3.8) is 0 Å². The summed E-state index contributed by atoms with van der Waals surface area (Å²) in [7, 11) is 0. The topological polar surface area (TPSA) is 41.5 Å². The Morgan fingerprint density at radius 1 is 1.50 bits per heavy atom. The third-order valence-corrected chi connectivity index (χ3v) is 2.52. The number of fused-ring (bicyclic) bond motifs is 1. The Morgan fingerprint density at radius 3 is 3.00 bits per heavy atom. The summed E-state index contributed by atoms with van der Waals surface area (Å²) in [6, 6.07) is 3.25. The van der Waals surface area contributed by atoms with Gasteiger partial charge in [0, 0.05) is 5.02 Å². The van der Waals surface area contributed by atoms with Gasteiger partial charge in [0.2, 0.25) is 0 Å². The number of halogens is 2. The Kier molecular flexibility index (Phi) is 2.72. The Morgan fingerprint density at radius 2 is 2.29 bits per heavy atom. The number of hydrogen-bond donors (Lipinski definition) is 2. The van der Waals surface area contributed by atoms with Crippen molar-refractivity contribution in [3.8, 4) is 5.75 Å². The monoisotopic (exact) mass is 233 g/mol. The molecule has 0 amide bonds. The van der Waals surface area contributed by atoms with Gasteiger partial charge in [0.05, 0.1) is 23.4 Å². The van der Waals surface area contributed by atoms with Crippen LogP contribution in [0.4, 0.5) is 5.69 Å². The number of ether oxygens (including phenoxy) is 1. The van der Waals surface area contributed by atoms with E-state index in [2.05, 4.69) is 5.32 Å². The van der Waals surface area contributed by atoms with Crippen molar-refractivity contribution in [3.05, 3.63) is 22.2 Å². The number of hydrogen-bond acceptors (Lipinski definition) is 3. The fraction of sp³-hybridized carbons (Fsp3) is 0.333. The van der Waals surface area contributed by atoms with E-state index in [0.717, 1.165) is 5.69 Å². The Hall–Kier alpha value is -0.640. The smallest absolute Gasteiger partial charge is 0.161 e. The van der Waals surface area contributed by atoms with Gasteiger partial charge < -0.3 is 15.2 Å². The van der Waals surface area contributed by atoms with Gasteiger partial charge >= 0.3 is 0 Å². The second kappa shape index (κ2) is 3.85. The van der Waals surface area contributed by atoms with Gasteiger partial charge in [0.1, 0.15) is 6.61 Å². The first-order chi connectivity index (χ1) is 6.70. The third-order valence-electron chi connectivity index (χ3n) is 2.02. The number of aliphatic hydroxyl groups is 1. The zero-order valence-electron chi connectivity index (χ0n) is 7.26. The average Bonchev–Trinajstić information content (AvgIpc) is 2.16. The lowest BCUT2D eigenvalue weighted by Gasteiger charge is -2.26. The molecule has 0 saturated heterocycles. The van der Waals surface area contributed by atoms with Gasteiger partial charge in [-0.05, 0) is 12.1 Å². The highest BCUT2D eigenvalue weighted by Gasteiger charge is 2.20. The van der Waals surface area contributed by atoms with Crippen LogP contribution >= 0.6 is 23.2 Å². The molecule has 0 radical (unpaired) electrons. The molecule has 2 N–H and O–H groups in total. The summed E-state index contributed by atoms with van der Waals surface area (Å²) < 4.78 is 5.40. The molecule has 1 aromatic rings. The van der Waals surface area contributed by atoms with Crippen molar-refractivity contribution >= 4 is 28.9 Å². The van der Waals surface area contributed by atoms with Crippen molar-refractivity contribution < 1.29 is 9.84 Å². The minimum atomic E-state index is -0.1000. The summed E-state index contributed by atoms with van der Waals surface area (Å²) >= 11 is 11.8. The highest BCUT2D eigenvalue weighted by molar-refractivity contribution is 6.36. The first-order valence-corrected chi connectivity index (χ1v) is 4.95. The molecular weight excluding hydrogens is 225 g/mol. The maximum absolute atomic E-state index is 8.95. The minimum absolute atomic E-state index is 0.0174. The summed E-state index contributed by atoms with van der Waals surface area (Å²) in [5, 5.41) is 13.1. The normalized spacial score (nSPS) is 19.5. The molecule has 0 aromatic heterocycles. The maximum Gasteiger partial charge on any atom is 0.161 e. The SMILES string of the molecule is OCC1COc2c(Cl)cc(Cl)cc2N1. The van der Waals surface area contributed by atoms with Gasteiger partial charge in [-0.25, -0.2) is 0 Å². The highest BCUT2D eigenvalue weighted by Crippen LogP contribution is 2.38. The number of anilines is 1. The lowest BCUT2D eigenvalue weighted by atomic mass is 10.2. The molecule has 0 bridgehead atoms. The van der Waals surface area contributed by atoms with E-state index in [9.17, 15) is 0 Å². The fourth-order valence-corrected chi connectivity index (χ4v) is 1.91. The van der Waals surface area contributed by atoms with Crippen LogP contribution in [0.5, 0.6) is 5.75 Å². The van der Waals surface area contributed by atoms with Crippen molar-refractivity contribution in [1.29, 1.82) is 0 Å². The van der Waals surface area contributed by atoms with Gasteiger partial charge in [-0.3, -0.25) is 0 Å². The van der Waals surface area contributed by atoms with Gasteiger partial charge in [0.15, 0.2) is 5.75 Å². The van der Waals surface area contributed by atoms with Crippen LogP contribution in [-0.4, -0.2) is 24.4 Å². The van der Waals surface area contributed by atoms with Crippen molar-refractivity contribution in [2.45, 2.75) is 6.04 Å². The Bertz CT molecular complexity index is 357. The van der Waals surface area contributed by atoms with Gasteiger partial charge in [-0.1, -0.05) is 23.2 Å². The van der Waals surface area contributed by atoms with E-state index in [1.807, 2.05) is 0 Å². The summed E-state index contributed by atoms with van der Waals surface area (Å²) in [4.78, 5) is 0. The second-order valence-corrected chi connectivity index (χ2v) is 3.94. The van der Waals surface area contributed by atoms with E-state index in [0.29, 0.717) is 22.4 Å². The second-order valence-electron chi connectivity index (χ2n) is 3.10. The standard InChI is InChI=1S/C9H9Cl2NO2/c10-5-1-7(11)9-8(2-5)12-6(3-13)4-14-9/h1-2,6,12-13H,3-4H2. The van der Waals surface area contributed by atoms with Crippen LogP contribution in [0.15, 0.2) is 12.1 Å². The minimum Gasteiger partial charge on any atom is -0.488 e. The molecule has 0 aliphatic carbocycles. The maximum atomic E-state index is 8.95. The first kappa shape index (κ1) is 9.90. The lowest BCUT2D eigenvalue weighted by molar-refractivity contribution is 0.207. The molecule has 5 heteroatoms. The molecular formula is C9H9Cl2NO2. The number of rotatable bonds is 1. The predicted octanol–water partition coefficient (Wildman–Crippen LogP) is 2.16. The zero-order chi connectivity index (χ0) is 10.1. The number of nitrogens with one attached hydrogen (secondary N) is 1. The number of aliphatic hydroxyl groups excluding tert-OH is 1. The van der Waals surface area contributed by atoms with Crippen LogP contribution in [0.3, 0.4) is 0 Å². The van der Waals surface area contributed by atoms with Gasteiger partial charge in [-0.15, -0.1) is 0 Å². The summed E-state index contributed by atoms with van der Waals surface area (Å²) in [6.07, 6.45) is 0. The van der Waals surface area contributed by atoms with E-state index in [-0.39, 0.29) is 12.6 Å². The molecule has 1 unspecified atom stereocenters.